The molecule has 3 heterocycles. The number of hydrogen-bond acceptors (Lipinski definition) is 7. The highest BCUT2D eigenvalue weighted by Crippen LogP contribution is 2.26. The van der Waals surface area contributed by atoms with E-state index >= 15 is 0 Å². The molecule has 0 amide bonds. The van der Waals surface area contributed by atoms with Gasteiger partial charge in [-0.25, -0.2) is 4.68 Å². The average Bonchev–Trinajstić information content (AvgIpc) is 3.00. The summed E-state index contributed by atoms with van der Waals surface area (Å²) in [6, 6.07) is 0. The molecule has 22 heavy (non-hydrogen) atoms. The van der Waals surface area contributed by atoms with E-state index in [0.29, 0.717) is 25.6 Å². The van der Waals surface area contributed by atoms with Crippen molar-refractivity contribution in [3.63, 3.8) is 0 Å². The number of piperidine rings is 1. The second-order valence-electron chi connectivity index (χ2n) is 5.50. The summed E-state index contributed by atoms with van der Waals surface area (Å²) in [5, 5.41) is 18.5. The second-order valence-corrected chi connectivity index (χ2v) is 5.50. The molecule has 0 aliphatic carbocycles. The van der Waals surface area contributed by atoms with E-state index in [4.69, 9.17) is 4.74 Å². The molecule has 1 unspecified atom stereocenters. The quantitative estimate of drug-likeness (QED) is 0.860. The van der Waals surface area contributed by atoms with Crippen molar-refractivity contribution < 1.29 is 9.84 Å². The molecule has 8 heteroatoms. The monoisotopic (exact) mass is 304 g/mol. The highest BCUT2D eigenvalue weighted by molar-refractivity contribution is 5.39. The zero-order valence-corrected chi connectivity index (χ0v) is 12.6. The summed E-state index contributed by atoms with van der Waals surface area (Å²) in [7, 11) is 0. The van der Waals surface area contributed by atoms with Crippen LogP contribution < -0.4 is 9.64 Å². The molecule has 118 valence electrons. The third-order valence-corrected chi connectivity index (χ3v) is 3.70. The molecule has 1 N–H and O–H groups in total. The Morgan fingerprint density at radius 3 is 3.09 bits per heavy atom. The van der Waals surface area contributed by atoms with Crippen LogP contribution in [0.2, 0.25) is 0 Å². The van der Waals surface area contributed by atoms with Crippen molar-refractivity contribution in [2.24, 2.45) is 0 Å². The molecule has 2 aromatic rings. The Hall–Kier alpha value is -2.22. The number of aromatic nitrogens is 5. The van der Waals surface area contributed by atoms with Gasteiger partial charge in [0.25, 0.3) is 0 Å². The van der Waals surface area contributed by atoms with E-state index in [9.17, 15) is 5.11 Å². The van der Waals surface area contributed by atoms with Gasteiger partial charge in [0, 0.05) is 19.3 Å². The van der Waals surface area contributed by atoms with Crippen LogP contribution in [0.25, 0.3) is 0 Å². The summed E-state index contributed by atoms with van der Waals surface area (Å²) < 4.78 is 7.05. The van der Waals surface area contributed by atoms with Crippen molar-refractivity contribution in [1.29, 1.82) is 0 Å². The van der Waals surface area contributed by atoms with Crippen LogP contribution in [-0.2, 0) is 6.54 Å². The van der Waals surface area contributed by atoms with Crippen molar-refractivity contribution in [2.75, 3.05) is 24.6 Å². The number of aliphatic hydroxyl groups is 1. The van der Waals surface area contributed by atoms with Gasteiger partial charge in [0.1, 0.15) is 5.60 Å². The van der Waals surface area contributed by atoms with Gasteiger partial charge < -0.3 is 14.7 Å². The highest BCUT2D eigenvalue weighted by Gasteiger charge is 2.34. The van der Waals surface area contributed by atoms with Crippen LogP contribution in [0, 0.1) is 0 Å². The van der Waals surface area contributed by atoms with Crippen molar-refractivity contribution in [3.05, 3.63) is 24.8 Å². The lowest BCUT2D eigenvalue weighted by molar-refractivity contribution is 0.00581. The minimum atomic E-state index is -0.852. The summed E-state index contributed by atoms with van der Waals surface area (Å²) in [5.41, 5.74) is -0.852. The first-order valence-corrected chi connectivity index (χ1v) is 7.45. The van der Waals surface area contributed by atoms with Gasteiger partial charge in [-0.2, -0.15) is 4.98 Å². The Morgan fingerprint density at radius 1 is 1.41 bits per heavy atom. The fourth-order valence-corrected chi connectivity index (χ4v) is 2.76. The Bertz CT molecular complexity index is 605. The summed E-state index contributed by atoms with van der Waals surface area (Å²) in [4.78, 5) is 10.6. The van der Waals surface area contributed by atoms with Gasteiger partial charge in [-0.3, -0.25) is 4.98 Å². The van der Waals surface area contributed by atoms with E-state index < -0.39 is 5.60 Å². The topological polar surface area (TPSA) is 89.2 Å². The number of β-amino-alcohol motifs (C(OH)–C–C–N with tert-alkyl or cyclic N) is 1. The SMILES string of the molecule is CCOc1cncc(N2CCCC(O)(Cn3ccnn3)C2)n1. The Labute approximate surface area is 128 Å². The molecule has 8 nitrogen and oxygen atoms in total. The lowest BCUT2D eigenvalue weighted by Crippen LogP contribution is -2.51. The summed E-state index contributed by atoms with van der Waals surface area (Å²) >= 11 is 0. The van der Waals surface area contributed by atoms with Gasteiger partial charge in [-0.15, -0.1) is 5.10 Å². The lowest BCUT2D eigenvalue weighted by atomic mass is 9.93. The van der Waals surface area contributed by atoms with E-state index in [1.54, 1.807) is 29.5 Å². The van der Waals surface area contributed by atoms with Gasteiger partial charge in [0.05, 0.1) is 31.7 Å². The van der Waals surface area contributed by atoms with Crippen LogP contribution in [0.5, 0.6) is 5.88 Å². The van der Waals surface area contributed by atoms with Crippen molar-refractivity contribution in [2.45, 2.75) is 31.9 Å². The van der Waals surface area contributed by atoms with E-state index in [1.165, 1.54) is 0 Å². The van der Waals surface area contributed by atoms with Crippen LogP contribution >= 0.6 is 0 Å². The molecular formula is C14H20N6O2. The smallest absolute Gasteiger partial charge is 0.234 e. The minimum Gasteiger partial charge on any atom is -0.477 e. The maximum atomic E-state index is 10.8. The molecule has 0 aromatic carbocycles. The van der Waals surface area contributed by atoms with Gasteiger partial charge in [-0.1, -0.05) is 5.21 Å². The maximum absolute atomic E-state index is 10.8. The first-order chi connectivity index (χ1) is 10.7. The molecule has 1 saturated heterocycles. The molecule has 0 radical (unpaired) electrons. The number of ether oxygens (including phenoxy) is 1. The van der Waals surface area contributed by atoms with E-state index in [2.05, 4.69) is 20.3 Å². The number of nitrogens with zero attached hydrogens (tertiary/aromatic N) is 6. The second kappa shape index (κ2) is 6.27. The van der Waals surface area contributed by atoms with Gasteiger partial charge >= 0.3 is 0 Å². The fraction of sp³-hybridized carbons (Fsp3) is 0.571. The lowest BCUT2D eigenvalue weighted by Gasteiger charge is -2.39. The molecule has 2 aromatic heterocycles. The van der Waals surface area contributed by atoms with Crippen molar-refractivity contribution >= 4 is 5.82 Å². The molecule has 0 spiro atoms. The molecule has 1 atom stereocenters. The van der Waals surface area contributed by atoms with Crippen LogP contribution in [0.15, 0.2) is 24.8 Å². The van der Waals surface area contributed by atoms with E-state index in [-0.39, 0.29) is 0 Å². The van der Waals surface area contributed by atoms with Gasteiger partial charge in [0.2, 0.25) is 5.88 Å². The number of anilines is 1. The summed E-state index contributed by atoms with van der Waals surface area (Å²) in [6.45, 7) is 4.20. The predicted octanol–water partition coefficient (Wildman–Crippen LogP) is 0.498. The zero-order valence-electron chi connectivity index (χ0n) is 12.6. The first-order valence-electron chi connectivity index (χ1n) is 7.45. The molecule has 1 aliphatic rings. The molecule has 3 rings (SSSR count). The highest BCUT2D eigenvalue weighted by atomic mass is 16.5. The maximum Gasteiger partial charge on any atom is 0.234 e. The van der Waals surface area contributed by atoms with Gasteiger partial charge in [-0.05, 0) is 19.8 Å². The van der Waals surface area contributed by atoms with E-state index in [0.717, 1.165) is 25.2 Å². The molecule has 0 saturated carbocycles. The molecule has 1 fully saturated rings. The Kier molecular flexibility index (Phi) is 4.19. The summed E-state index contributed by atoms with van der Waals surface area (Å²) in [5.74, 6) is 1.23. The predicted molar refractivity (Wildman–Crippen MR) is 79.6 cm³/mol. The van der Waals surface area contributed by atoms with Crippen molar-refractivity contribution in [1.82, 2.24) is 25.0 Å². The number of rotatable bonds is 5. The van der Waals surface area contributed by atoms with Crippen LogP contribution in [0.3, 0.4) is 0 Å². The Morgan fingerprint density at radius 2 is 2.32 bits per heavy atom. The molecule has 0 bridgehead atoms. The average molecular weight is 304 g/mol. The minimum absolute atomic E-state index is 0.419. The zero-order chi connectivity index (χ0) is 15.4. The van der Waals surface area contributed by atoms with Crippen LogP contribution in [0.1, 0.15) is 19.8 Å². The number of hydrogen-bond donors (Lipinski definition) is 1. The van der Waals surface area contributed by atoms with Gasteiger partial charge in [0.15, 0.2) is 5.82 Å². The Balaban J connectivity index is 1.73. The largest absolute Gasteiger partial charge is 0.477 e. The van der Waals surface area contributed by atoms with Crippen LogP contribution in [0.4, 0.5) is 5.82 Å². The third-order valence-electron chi connectivity index (χ3n) is 3.70. The van der Waals surface area contributed by atoms with Crippen LogP contribution in [-0.4, -0.2) is 55.4 Å². The van der Waals surface area contributed by atoms with Crippen molar-refractivity contribution in [3.8, 4) is 5.88 Å². The standard InChI is InChI=1S/C14H20N6O2/c1-2-22-13-9-15-8-12(17-13)19-6-3-4-14(21,10-19)11-20-7-5-16-18-20/h5,7-9,21H,2-4,6,10-11H2,1H3. The third kappa shape index (κ3) is 3.33. The molecule has 1 aliphatic heterocycles. The fourth-order valence-electron chi connectivity index (χ4n) is 2.76. The normalized spacial score (nSPS) is 21.8. The molecular weight excluding hydrogens is 284 g/mol. The summed E-state index contributed by atoms with van der Waals surface area (Å²) in [6.07, 6.45) is 8.27. The first kappa shape index (κ1) is 14.7. The van der Waals surface area contributed by atoms with E-state index in [1.807, 2.05) is 11.8 Å².